The van der Waals surface area contributed by atoms with Gasteiger partial charge >= 0.3 is 6.09 Å². The van der Waals surface area contributed by atoms with E-state index >= 15 is 0 Å². The number of ether oxygens (including phenoxy) is 1. The molecule has 1 rings (SSSR count). The van der Waals surface area contributed by atoms with E-state index in [1.165, 1.54) is 6.33 Å². The summed E-state index contributed by atoms with van der Waals surface area (Å²) in [6.07, 6.45) is 1.38. The van der Waals surface area contributed by atoms with E-state index in [2.05, 4.69) is 15.5 Å². The van der Waals surface area contributed by atoms with Crippen LogP contribution in [0.2, 0.25) is 0 Å². The Kier molecular flexibility index (Phi) is 3.65. The van der Waals surface area contributed by atoms with Gasteiger partial charge in [-0.15, -0.1) is 0 Å². The van der Waals surface area contributed by atoms with E-state index in [0.29, 0.717) is 18.9 Å². The maximum Gasteiger partial charge on any atom is 0.407 e. The van der Waals surface area contributed by atoms with Gasteiger partial charge in [-0.2, -0.15) is 4.98 Å². The van der Waals surface area contributed by atoms with E-state index in [9.17, 15) is 4.79 Å². The van der Waals surface area contributed by atoms with Gasteiger partial charge in [0.05, 0.1) is 0 Å². The van der Waals surface area contributed by atoms with E-state index < -0.39 is 11.7 Å². The zero-order valence-electron chi connectivity index (χ0n) is 9.11. The number of nitrogens with one attached hydrogen (secondary N) is 1. The largest absolute Gasteiger partial charge is 0.444 e. The summed E-state index contributed by atoms with van der Waals surface area (Å²) in [7, 11) is 0. The Morgan fingerprint density at radius 3 is 2.87 bits per heavy atom. The lowest BCUT2D eigenvalue weighted by Gasteiger charge is -2.19. The molecule has 1 aromatic rings. The second kappa shape index (κ2) is 4.77. The van der Waals surface area contributed by atoms with Crippen molar-refractivity contribution in [2.45, 2.75) is 32.8 Å². The predicted molar refractivity (Wildman–Crippen MR) is 52.2 cm³/mol. The number of alkyl carbamates (subject to hydrolysis) is 1. The first-order valence-electron chi connectivity index (χ1n) is 4.70. The number of rotatable bonds is 3. The van der Waals surface area contributed by atoms with E-state index in [1.54, 1.807) is 0 Å². The summed E-state index contributed by atoms with van der Waals surface area (Å²) in [5, 5.41) is 6.04. The van der Waals surface area contributed by atoms with Crippen LogP contribution in [-0.4, -0.2) is 28.4 Å². The predicted octanol–water partition coefficient (Wildman–Crippen LogP) is 1.14. The van der Waals surface area contributed by atoms with Gasteiger partial charge in [-0.05, 0) is 20.8 Å². The molecule has 0 aliphatic heterocycles. The minimum atomic E-state index is -0.478. The fourth-order valence-electron chi connectivity index (χ4n) is 0.892. The molecule has 1 heterocycles. The number of hydrogen-bond donors (Lipinski definition) is 1. The van der Waals surface area contributed by atoms with Crippen molar-refractivity contribution in [2.24, 2.45) is 0 Å². The molecule has 6 heteroatoms. The van der Waals surface area contributed by atoms with Gasteiger partial charge in [-0.25, -0.2) is 4.79 Å². The summed E-state index contributed by atoms with van der Waals surface area (Å²) in [6.45, 7) is 5.84. The summed E-state index contributed by atoms with van der Waals surface area (Å²) in [5.74, 6) is 0.492. The highest BCUT2D eigenvalue weighted by Gasteiger charge is 2.15. The Morgan fingerprint density at radius 2 is 2.33 bits per heavy atom. The third-order valence-electron chi connectivity index (χ3n) is 1.41. The van der Waals surface area contributed by atoms with Crippen LogP contribution in [0, 0.1) is 0 Å². The van der Waals surface area contributed by atoms with Crippen molar-refractivity contribution in [1.82, 2.24) is 15.5 Å². The van der Waals surface area contributed by atoms with Crippen molar-refractivity contribution >= 4 is 6.09 Å². The number of carbonyl (C=O) groups is 1. The molecule has 84 valence electrons. The molecule has 1 N–H and O–H groups in total. The zero-order chi connectivity index (χ0) is 11.3. The molecule has 0 unspecified atom stereocenters. The molecule has 0 radical (unpaired) electrons. The minimum absolute atomic E-state index is 0.414. The molecule has 1 amide bonds. The van der Waals surface area contributed by atoms with E-state index in [1.807, 2.05) is 20.8 Å². The van der Waals surface area contributed by atoms with Crippen molar-refractivity contribution in [2.75, 3.05) is 6.54 Å². The van der Waals surface area contributed by atoms with Crippen LogP contribution in [0.15, 0.2) is 10.9 Å². The van der Waals surface area contributed by atoms with E-state index in [0.717, 1.165) is 0 Å². The Hall–Kier alpha value is -1.59. The van der Waals surface area contributed by atoms with Gasteiger partial charge in [0.2, 0.25) is 5.89 Å². The van der Waals surface area contributed by atoms with E-state index in [-0.39, 0.29) is 0 Å². The van der Waals surface area contributed by atoms with Crippen molar-refractivity contribution in [3.8, 4) is 0 Å². The molecule has 0 atom stereocenters. The Balaban J connectivity index is 2.18. The Labute approximate surface area is 88.0 Å². The lowest BCUT2D eigenvalue weighted by Crippen LogP contribution is -2.33. The topological polar surface area (TPSA) is 77.2 Å². The molecule has 0 fully saturated rings. The van der Waals surface area contributed by atoms with Crippen molar-refractivity contribution < 1.29 is 14.1 Å². The SMILES string of the molecule is CC(C)(C)OC(=O)NCCc1ncno1. The van der Waals surface area contributed by atoms with Gasteiger partial charge in [0.15, 0.2) is 6.33 Å². The van der Waals surface area contributed by atoms with Crippen LogP contribution in [0.1, 0.15) is 26.7 Å². The third kappa shape index (κ3) is 4.99. The maximum absolute atomic E-state index is 11.2. The normalized spacial score (nSPS) is 11.1. The molecule has 15 heavy (non-hydrogen) atoms. The van der Waals surface area contributed by atoms with Crippen LogP contribution in [0.5, 0.6) is 0 Å². The molecule has 0 aliphatic carbocycles. The average molecular weight is 213 g/mol. The molecule has 6 nitrogen and oxygen atoms in total. The molecule has 0 saturated heterocycles. The monoisotopic (exact) mass is 213 g/mol. The Bertz CT molecular complexity index is 303. The van der Waals surface area contributed by atoms with Crippen LogP contribution in [0.4, 0.5) is 4.79 Å². The molecule has 0 aliphatic rings. The molecule has 0 spiro atoms. The van der Waals surface area contributed by atoms with Crippen molar-refractivity contribution in [1.29, 1.82) is 0 Å². The van der Waals surface area contributed by atoms with Gasteiger partial charge in [0.25, 0.3) is 0 Å². The molecular formula is C9H15N3O3. The van der Waals surface area contributed by atoms with E-state index in [4.69, 9.17) is 9.26 Å². The maximum atomic E-state index is 11.2. The number of aromatic nitrogens is 2. The van der Waals surface area contributed by atoms with Crippen LogP contribution >= 0.6 is 0 Å². The molecule has 0 bridgehead atoms. The minimum Gasteiger partial charge on any atom is -0.444 e. The molecule has 1 aromatic heterocycles. The van der Waals surface area contributed by atoms with Gasteiger partial charge in [-0.1, -0.05) is 5.16 Å². The van der Waals surface area contributed by atoms with Crippen LogP contribution < -0.4 is 5.32 Å². The van der Waals surface area contributed by atoms with Gasteiger partial charge in [0, 0.05) is 13.0 Å². The zero-order valence-corrected chi connectivity index (χ0v) is 9.11. The fraction of sp³-hybridized carbons (Fsp3) is 0.667. The third-order valence-corrected chi connectivity index (χ3v) is 1.41. The summed E-state index contributed by atoms with van der Waals surface area (Å²) in [4.78, 5) is 15.0. The Morgan fingerprint density at radius 1 is 1.60 bits per heavy atom. The second-order valence-corrected chi connectivity index (χ2v) is 4.01. The lowest BCUT2D eigenvalue weighted by atomic mass is 10.2. The first kappa shape index (κ1) is 11.5. The smallest absolute Gasteiger partial charge is 0.407 e. The van der Waals surface area contributed by atoms with Crippen molar-refractivity contribution in [3.05, 3.63) is 12.2 Å². The van der Waals surface area contributed by atoms with Crippen LogP contribution in [0.25, 0.3) is 0 Å². The summed E-state index contributed by atoms with van der Waals surface area (Å²) < 4.78 is 9.80. The highest BCUT2D eigenvalue weighted by molar-refractivity contribution is 5.67. The van der Waals surface area contributed by atoms with Crippen LogP contribution in [0.3, 0.4) is 0 Å². The molecule has 0 saturated carbocycles. The number of amides is 1. The average Bonchev–Trinajstić information content (AvgIpc) is 2.53. The quantitative estimate of drug-likeness (QED) is 0.814. The number of carbonyl (C=O) groups excluding carboxylic acids is 1. The summed E-state index contributed by atoms with van der Waals surface area (Å²) in [5.41, 5.74) is -0.478. The highest BCUT2D eigenvalue weighted by atomic mass is 16.6. The second-order valence-electron chi connectivity index (χ2n) is 4.01. The summed E-state index contributed by atoms with van der Waals surface area (Å²) in [6, 6.07) is 0. The fourth-order valence-corrected chi connectivity index (χ4v) is 0.892. The van der Waals surface area contributed by atoms with Crippen LogP contribution in [-0.2, 0) is 11.2 Å². The number of hydrogen-bond acceptors (Lipinski definition) is 5. The highest BCUT2D eigenvalue weighted by Crippen LogP contribution is 2.06. The summed E-state index contributed by atoms with van der Waals surface area (Å²) >= 11 is 0. The van der Waals surface area contributed by atoms with Gasteiger partial charge in [0.1, 0.15) is 5.60 Å². The lowest BCUT2D eigenvalue weighted by molar-refractivity contribution is 0.0527. The van der Waals surface area contributed by atoms with Gasteiger partial charge < -0.3 is 14.6 Å². The standard InChI is InChI=1S/C9H15N3O3/c1-9(2,3)14-8(13)10-5-4-7-11-6-12-15-7/h6H,4-5H2,1-3H3,(H,10,13). The first-order valence-corrected chi connectivity index (χ1v) is 4.70. The first-order chi connectivity index (χ1) is 6.97. The number of nitrogens with zero attached hydrogens (tertiary/aromatic N) is 2. The van der Waals surface area contributed by atoms with Gasteiger partial charge in [-0.3, -0.25) is 0 Å². The molecule has 0 aromatic carbocycles. The molecular weight excluding hydrogens is 198 g/mol. The van der Waals surface area contributed by atoms with Crippen molar-refractivity contribution in [3.63, 3.8) is 0 Å².